The lowest BCUT2D eigenvalue weighted by Crippen LogP contribution is -2.41. The van der Waals surface area contributed by atoms with E-state index < -0.39 is 5.97 Å². The highest BCUT2D eigenvalue weighted by atomic mass is 35.5. The van der Waals surface area contributed by atoms with Crippen LogP contribution in [-0.4, -0.2) is 82.7 Å². The summed E-state index contributed by atoms with van der Waals surface area (Å²) in [5.41, 5.74) is 2.62. The quantitative estimate of drug-likeness (QED) is 0.0724. The SMILES string of the molecule is COC(=O)CCC1(CNC(=O)c2ccc(C#Cc3ccccc3F)cc2)CCOCC1.COC(=O)CCC1(CNCl)CCOCC1.O=C(O)c1ccc(C#Cc2ccccc2F)cc1. The van der Waals surface area contributed by atoms with Crippen molar-refractivity contribution in [1.82, 2.24) is 10.2 Å². The number of carboxylic acid groups (broad SMARTS) is 1. The molecule has 1 amide bonds. The number of nitrogens with one attached hydrogen (secondary N) is 2. The number of carbonyl (C=O) groups excluding carboxylic acids is 3. The van der Waals surface area contributed by atoms with Crippen LogP contribution in [0, 0.1) is 46.1 Å². The second-order valence-corrected chi connectivity index (χ2v) is 15.6. The lowest BCUT2D eigenvalue weighted by Gasteiger charge is -2.37. The second kappa shape index (κ2) is 26.5. The topological polar surface area (TPSA) is 149 Å². The van der Waals surface area contributed by atoms with Gasteiger partial charge in [-0.25, -0.2) is 18.4 Å². The third-order valence-corrected chi connectivity index (χ3v) is 11.2. The molecule has 2 aliphatic rings. The highest BCUT2D eigenvalue weighted by Gasteiger charge is 2.34. The van der Waals surface area contributed by atoms with E-state index in [9.17, 15) is 28.0 Å². The number of hydrogen-bond acceptors (Lipinski definition) is 9. The van der Waals surface area contributed by atoms with Crippen molar-refractivity contribution in [2.24, 2.45) is 10.8 Å². The number of rotatable bonds is 12. The zero-order valence-electron chi connectivity index (χ0n) is 36.0. The molecule has 0 atom stereocenters. The number of esters is 2. The maximum Gasteiger partial charge on any atom is 0.335 e. The summed E-state index contributed by atoms with van der Waals surface area (Å²) in [6, 6.07) is 25.6. The van der Waals surface area contributed by atoms with Gasteiger partial charge in [-0.2, -0.15) is 0 Å². The molecule has 6 rings (SSSR count). The van der Waals surface area contributed by atoms with E-state index in [0.29, 0.717) is 66.8 Å². The summed E-state index contributed by atoms with van der Waals surface area (Å²) in [6.45, 7) is 3.92. The fourth-order valence-corrected chi connectivity index (χ4v) is 7.18. The van der Waals surface area contributed by atoms with Crippen LogP contribution in [0.5, 0.6) is 0 Å². The van der Waals surface area contributed by atoms with Crippen LogP contribution in [-0.2, 0) is 28.5 Å². The van der Waals surface area contributed by atoms with Crippen LogP contribution < -0.4 is 10.2 Å². The van der Waals surface area contributed by atoms with Crippen molar-refractivity contribution >= 4 is 35.6 Å². The Kier molecular flexibility index (Phi) is 20.9. The Morgan fingerprint density at radius 2 is 1.03 bits per heavy atom. The van der Waals surface area contributed by atoms with E-state index >= 15 is 0 Å². The molecule has 4 aromatic rings. The number of hydrogen-bond donors (Lipinski definition) is 3. The maximum absolute atomic E-state index is 13.7. The molecule has 2 aliphatic heterocycles. The van der Waals surface area contributed by atoms with Gasteiger partial charge in [0.15, 0.2) is 0 Å². The van der Waals surface area contributed by atoms with E-state index in [-0.39, 0.29) is 45.9 Å². The first-order valence-corrected chi connectivity index (χ1v) is 21.2. The molecule has 0 radical (unpaired) electrons. The molecule has 2 heterocycles. The summed E-state index contributed by atoms with van der Waals surface area (Å²) in [7, 11) is 2.80. The molecule has 4 aromatic carbocycles. The van der Waals surface area contributed by atoms with Crippen LogP contribution in [0.25, 0.3) is 0 Å². The van der Waals surface area contributed by atoms with Gasteiger partial charge < -0.3 is 29.4 Å². The lowest BCUT2D eigenvalue weighted by molar-refractivity contribution is -0.142. The smallest absolute Gasteiger partial charge is 0.335 e. The van der Waals surface area contributed by atoms with E-state index in [4.69, 9.17) is 31.1 Å². The van der Waals surface area contributed by atoms with Gasteiger partial charge in [0.05, 0.1) is 30.9 Å². The van der Waals surface area contributed by atoms with Crippen molar-refractivity contribution in [2.45, 2.75) is 51.4 Å². The molecule has 64 heavy (non-hydrogen) atoms. The molecule has 2 fully saturated rings. The maximum atomic E-state index is 13.7. The molecule has 0 unspecified atom stereocenters. The van der Waals surface area contributed by atoms with Gasteiger partial charge >= 0.3 is 17.9 Å². The zero-order valence-corrected chi connectivity index (χ0v) is 36.7. The van der Waals surface area contributed by atoms with Crippen molar-refractivity contribution in [3.63, 3.8) is 0 Å². The second-order valence-electron chi connectivity index (χ2n) is 15.3. The van der Waals surface area contributed by atoms with Gasteiger partial charge in [-0.1, -0.05) is 47.9 Å². The van der Waals surface area contributed by atoms with Crippen LogP contribution in [0.15, 0.2) is 97.1 Å². The lowest BCUT2D eigenvalue weighted by atomic mass is 9.76. The molecule has 0 aromatic heterocycles. The number of carbonyl (C=O) groups is 4. The third kappa shape index (κ3) is 16.9. The van der Waals surface area contributed by atoms with Crippen molar-refractivity contribution in [1.29, 1.82) is 0 Å². The van der Waals surface area contributed by atoms with Crippen molar-refractivity contribution < 1.29 is 52.0 Å². The van der Waals surface area contributed by atoms with E-state index in [1.165, 1.54) is 38.5 Å². The fourth-order valence-electron chi connectivity index (χ4n) is 6.89. The molecule has 2 saturated heterocycles. The summed E-state index contributed by atoms with van der Waals surface area (Å²) in [4.78, 5) is 48.6. The van der Waals surface area contributed by atoms with Crippen molar-refractivity contribution in [2.75, 3.05) is 53.7 Å². The predicted molar refractivity (Wildman–Crippen MR) is 238 cm³/mol. The summed E-state index contributed by atoms with van der Waals surface area (Å²) < 4.78 is 47.1. The molecule has 0 saturated carbocycles. The number of benzene rings is 4. The molecular formula is C50H53ClF2N2O9. The first kappa shape index (κ1) is 50.6. The van der Waals surface area contributed by atoms with Crippen molar-refractivity contribution in [3.8, 4) is 23.7 Å². The van der Waals surface area contributed by atoms with Crippen LogP contribution in [0.1, 0.15) is 94.3 Å². The minimum Gasteiger partial charge on any atom is -0.478 e. The minimum atomic E-state index is -0.983. The largest absolute Gasteiger partial charge is 0.478 e. The number of amides is 1. The molecule has 0 aliphatic carbocycles. The summed E-state index contributed by atoms with van der Waals surface area (Å²) in [5.74, 6) is 8.91. The van der Waals surface area contributed by atoms with Gasteiger partial charge in [-0.05, 0) is 134 Å². The Morgan fingerprint density at radius 1 is 0.625 bits per heavy atom. The van der Waals surface area contributed by atoms with Crippen LogP contribution in [0.2, 0.25) is 0 Å². The van der Waals surface area contributed by atoms with Gasteiger partial charge in [0.1, 0.15) is 11.6 Å². The summed E-state index contributed by atoms with van der Waals surface area (Å²) in [5, 5.41) is 11.7. The average molecular weight is 899 g/mol. The fraction of sp³-hybridized carbons (Fsp3) is 0.360. The molecule has 14 heteroatoms. The Morgan fingerprint density at radius 3 is 1.42 bits per heavy atom. The number of ether oxygens (including phenoxy) is 4. The monoisotopic (exact) mass is 898 g/mol. The van der Waals surface area contributed by atoms with Gasteiger partial charge in [0.2, 0.25) is 0 Å². The zero-order chi connectivity index (χ0) is 46.2. The predicted octanol–water partition coefficient (Wildman–Crippen LogP) is 8.11. The molecule has 0 spiro atoms. The summed E-state index contributed by atoms with van der Waals surface area (Å²) in [6.07, 6.45) is 5.70. The van der Waals surface area contributed by atoms with E-state index in [0.717, 1.165) is 51.9 Å². The highest BCUT2D eigenvalue weighted by molar-refractivity contribution is 6.13. The number of halogens is 3. The molecular weight excluding hydrogens is 846 g/mol. The number of aromatic carboxylic acids is 1. The van der Waals surface area contributed by atoms with Crippen LogP contribution in [0.3, 0.4) is 0 Å². The molecule has 338 valence electrons. The van der Waals surface area contributed by atoms with Crippen LogP contribution in [0.4, 0.5) is 8.78 Å². The molecule has 3 N–H and O–H groups in total. The average Bonchev–Trinajstić information content (AvgIpc) is 3.32. The Hall–Kier alpha value is -6.09. The number of carboxylic acids is 1. The van der Waals surface area contributed by atoms with Gasteiger partial charge in [-0.3, -0.25) is 14.4 Å². The Bertz CT molecular complexity index is 2260. The first-order valence-electron chi connectivity index (χ1n) is 20.8. The van der Waals surface area contributed by atoms with Gasteiger partial charge in [0.25, 0.3) is 5.91 Å². The summed E-state index contributed by atoms with van der Waals surface area (Å²) >= 11 is 5.57. The number of methoxy groups -OCH3 is 2. The third-order valence-electron chi connectivity index (χ3n) is 11.1. The molecule has 11 nitrogen and oxygen atoms in total. The minimum absolute atomic E-state index is 0.0915. The van der Waals surface area contributed by atoms with Gasteiger partial charge in [0, 0.05) is 69.0 Å². The standard InChI is InChI=1S/C25H26FNO4.C15H9FO2.C10H18ClNO3/c1-30-23(28)12-13-25(14-16-31-17-15-25)18-27-24(29)21-10-7-19(8-11-21)6-9-20-4-2-3-5-22(20)26;16-14-4-2-1-3-12(14)8-5-11-6-9-13(10-7-11)15(17)18;1-14-9(13)2-3-10(8-12-11)4-6-15-7-5-10/h2-5,7-8,10-11H,12-18H2,1H3,(H,27,29);1-4,6-7,9-10H,(H,17,18);12H,2-8H2,1H3. The van der Waals surface area contributed by atoms with Crippen molar-refractivity contribution in [3.05, 3.63) is 142 Å². The van der Waals surface area contributed by atoms with Crippen LogP contribution >= 0.6 is 11.8 Å². The normalized spacial score (nSPS) is 14.5. The first-order chi connectivity index (χ1) is 30.9. The van der Waals surface area contributed by atoms with E-state index in [1.54, 1.807) is 72.8 Å². The van der Waals surface area contributed by atoms with E-state index in [1.807, 2.05) is 0 Å². The van der Waals surface area contributed by atoms with E-state index in [2.05, 4.69) is 38.6 Å². The molecule has 0 bridgehead atoms. The highest BCUT2D eigenvalue weighted by Crippen LogP contribution is 2.36. The van der Waals surface area contributed by atoms with Gasteiger partial charge in [-0.15, -0.1) is 0 Å². The Balaban J connectivity index is 0.000000230. The Labute approximate surface area is 378 Å².